The fourth-order valence-corrected chi connectivity index (χ4v) is 3.03. The number of nitrogens with zero attached hydrogens (tertiary/aromatic N) is 3. The molecule has 3 rings (SSSR count). The lowest BCUT2D eigenvalue weighted by Gasteiger charge is -2.12. The zero-order chi connectivity index (χ0) is 23.1. The number of benzene rings is 2. The van der Waals surface area contributed by atoms with Crippen molar-refractivity contribution in [2.24, 2.45) is 5.10 Å². The number of nitrogens with one attached hydrogen (secondary N) is 1. The van der Waals surface area contributed by atoms with Crippen LogP contribution >= 0.6 is 27.5 Å². The Kier molecular flexibility index (Phi) is 7.96. The van der Waals surface area contributed by atoms with Gasteiger partial charge < -0.3 is 14.2 Å². The van der Waals surface area contributed by atoms with Crippen molar-refractivity contribution in [2.75, 3.05) is 13.7 Å². The van der Waals surface area contributed by atoms with Crippen molar-refractivity contribution in [2.45, 2.75) is 6.92 Å². The summed E-state index contributed by atoms with van der Waals surface area (Å²) < 4.78 is 30.9. The van der Waals surface area contributed by atoms with Crippen LogP contribution in [0.1, 0.15) is 22.8 Å². The zero-order valence-corrected chi connectivity index (χ0v) is 19.3. The first-order valence-electron chi connectivity index (χ1n) is 9.21. The molecule has 0 unspecified atom stereocenters. The van der Waals surface area contributed by atoms with Crippen molar-refractivity contribution in [1.82, 2.24) is 15.4 Å². The number of ether oxygens (including phenoxy) is 3. The number of halogens is 3. The minimum Gasteiger partial charge on any atom is -0.496 e. The number of aromatic nitrogens is 2. The van der Waals surface area contributed by atoms with Gasteiger partial charge in [-0.15, -0.1) is 0 Å². The standard InChI is InChI=1S/C21H17BrClFN4O4/c1-3-31-18-8-12(4-6-17(18)32-20-15(24)11-25-21(23)27-20)10-26-28-19(29)14-9-13(22)5-7-16(14)30-2/h4-11H,3H2,1-2H3,(H,28,29)/b26-10+. The summed E-state index contributed by atoms with van der Waals surface area (Å²) in [6, 6.07) is 9.88. The van der Waals surface area contributed by atoms with Gasteiger partial charge in [0.25, 0.3) is 11.8 Å². The van der Waals surface area contributed by atoms with Crippen molar-refractivity contribution in [3.63, 3.8) is 0 Å². The first-order chi connectivity index (χ1) is 15.4. The molecular formula is C21H17BrClFN4O4. The normalized spacial score (nSPS) is 10.8. The van der Waals surface area contributed by atoms with Gasteiger partial charge in [-0.3, -0.25) is 4.79 Å². The van der Waals surface area contributed by atoms with Crippen molar-refractivity contribution in [3.05, 3.63) is 69.3 Å². The van der Waals surface area contributed by atoms with Gasteiger partial charge in [0.15, 0.2) is 11.5 Å². The molecule has 0 fully saturated rings. The molecule has 0 aliphatic heterocycles. The predicted octanol–water partition coefficient (Wildman–Crippen LogP) is 5.00. The molecule has 0 spiro atoms. The van der Waals surface area contributed by atoms with Gasteiger partial charge in [-0.25, -0.2) is 10.4 Å². The summed E-state index contributed by atoms with van der Waals surface area (Å²) in [6.45, 7) is 2.13. The molecule has 8 nitrogen and oxygen atoms in total. The SMILES string of the molecule is CCOc1cc(/C=N/NC(=O)c2cc(Br)ccc2OC)ccc1Oc1nc(Cl)ncc1F. The van der Waals surface area contributed by atoms with Gasteiger partial charge in [-0.05, 0) is 60.5 Å². The Morgan fingerprint density at radius 1 is 1.25 bits per heavy atom. The van der Waals surface area contributed by atoms with Crippen LogP contribution in [0.2, 0.25) is 5.28 Å². The number of carbonyl (C=O) groups is 1. The summed E-state index contributed by atoms with van der Waals surface area (Å²) in [5.41, 5.74) is 3.37. The van der Waals surface area contributed by atoms with Crippen molar-refractivity contribution < 1.29 is 23.4 Å². The van der Waals surface area contributed by atoms with Crippen LogP contribution in [0.15, 0.2) is 52.2 Å². The highest BCUT2D eigenvalue weighted by atomic mass is 79.9. The lowest BCUT2D eigenvalue weighted by atomic mass is 10.2. The average molecular weight is 524 g/mol. The van der Waals surface area contributed by atoms with E-state index >= 15 is 0 Å². The van der Waals surface area contributed by atoms with Gasteiger partial charge >= 0.3 is 0 Å². The maximum atomic E-state index is 13.9. The minimum absolute atomic E-state index is 0.152. The van der Waals surface area contributed by atoms with Gasteiger partial charge in [-0.1, -0.05) is 15.9 Å². The van der Waals surface area contributed by atoms with Crippen LogP contribution in [0.4, 0.5) is 4.39 Å². The Hall–Kier alpha value is -3.24. The van der Waals surface area contributed by atoms with Crippen LogP contribution < -0.4 is 19.6 Å². The van der Waals surface area contributed by atoms with Crippen molar-refractivity contribution in [3.8, 4) is 23.1 Å². The largest absolute Gasteiger partial charge is 0.496 e. The monoisotopic (exact) mass is 522 g/mol. The molecule has 0 aliphatic rings. The third kappa shape index (κ3) is 5.92. The van der Waals surface area contributed by atoms with Crippen molar-refractivity contribution in [1.29, 1.82) is 0 Å². The molecule has 11 heteroatoms. The van der Waals surface area contributed by atoms with E-state index < -0.39 is 11.7 Å². The summed E-state index contributed by atoms with van der Waals surface area (Å²) in [5.74, 6) is -0.583. The maximum Gasteiger partial charge on any atom is 0.275 e. The summed E-state index contributed by atoms with van der Waals surface area (Å²) in [4.78, 5) is 19.7. The highest BCUT2D eigenvalue weighted by Gasteiger charge is 2.14. The van der Waals surface area contributed by atoms with E-state index in [1.54, 1.807) is 43.3 Å². The molecular weight excluding hydrogens is 507 g/mol. The highest BCUT2D eigenvalue weighted by Crippen LogP contribution is 2.33. The van der Waals surface area contributed by atoms with Crippen LogP contribution in [0, 0.1) is 5.82 Å². The fourth-order valence-electron chi connectivity index (χ4n) is 2.55. The Labute approximate surface area is 196 Å². The van der Waals surface area contributed by atoms with Gasteiger partial charge in [-0.2, -0.15) is 14.5 Å². The zero-order valence-electron chi connectivity index (χ0n) is 16.9. The van der Waals surface area contributed by atoms with Crippen LogP contribution in [0.3, 0.4) is 0 Å². The summed E-state index contributed by atoms with van der Waals surface area (Å²) in [7, 11) is 1.48. The first kappa shape index (κ1) is 23.4. The number of amides is 1. The Morgan fingerprint density at radius 2 is 2.03 bits per heavy atom. The molecule has 1 amide bonds. The van der Waals surface area contributed by atoms with E-state index in [1.165, 1.54) is 13.3 Å². The molecule has 0 bridgehead atoms. The summed E-state index contributed by atoms with van der Waals surface area (Å²) in [6.07, 6.45) is 2.34. The third-order valence-corrected chi connectivity index (χ3v) is 4.62. The predicted molar refractivity (Wildman–Crippen MR) is 120 cm³/mol. The second kappa shape index (κ2) is 10.9. The smallest absolute Gasteiger partial charge is 0.275 e. The number of methoxy groups -OCH3 is 1. The highest BCUT2D eigenvalue weighted by molar-refractivity contribution is 9.10. The van der Waals surface area contributed by atoms with E-state index in [0.29, 0.717) is 29.2 Å². The molecule has 0 radical (unpaired) electrons. The van der Waals surface area contributed by atoms with Gasteiger partial charge in [0, 0.05) is 4.47 Å². The van der Waals surface area contributed by atoms with E-state index in [4.69, 9.17) is 25.8 Å². The lowest BCUT2D eigenvalue weighted by molar-refractivity contribution is 0.0952. The third-order valence-electron chi connectivity index (χ3n) is 3.94. The van der Waals surface area contributed by atoms with Crippen LogP contribution in [-0.2, 0) is 0 Å². The van der Waals surface area contributed by atoms with Crippen molar-refractivity contribution >= 4 is 39.7 Å². The summed E-state index contributed by atoms with van der Waals surface area (Å²) >= 11 is 9.02. The van der Waals surface area contributed by atoms with Crippen LogP contribution in [0.5, 0.6) is 23.1 Å². The Balaban J connectivity index is 1.76. The maximum absolute atomic E-state index is 13.9. The molecule has 1 aromatic heterocycles. The molecule has 1 N–H and O–H groups in total. The van der Waals surface area contributed by atoms with E-state index in [-0.39, 0.29) is 16.9 Å². The van der Waals surface area contributed by atoms with E-state index in [9.17, 15) is 9.18 Å². The molecule has 0 saturated heterocycles. The number of hydrogen-bond donors (Lipinski definition) is 1. The molecule has 1 heterocycles. The summed E-state index contributed by atoms with van der Waals surface area (Å²) in [5, 5.41) is 3.82. The lowest BCUT2D eigenvalue weighted by Crippen LogP contribution is -2.18. The number of carbonyl (C=O) groups excluding carboxylic acids is 1. The fraction of sp³-hybridized carbons (Fsp3) is 0.143. The number of hydrazone groups is 1. The topological polar surface area (TPSA) is 94.9 Å². The quantitative estimate of drug-likeness (QED) is 0.254. The average Bonchev–Trinajstić information content (AvgIpc) is 2.78. The molecule has 32 heavy (non-hydrogen) atoms. The van der Waals surface area contributed by atoms with Gasteiger partial charge in [0.1, 0.15) is 5.75 Å². The van der Waals surface area contributed by atoms with E-state index in [0.717, 1.165) is 10.7 Å². The molecule has 2 aromatic carbocycles. The first-order valence-corrected chi connectivity index (χ1v) is 10.4. The van der Waals surface area contributed by atoms with Gasteiger partial charge in [0.2, 0.25) is 11.1 Å². The van der Waals surface area contributed by atoms with Crippen LogP contribution in [0.25, 0.3) is 0 Å². The molecule has 3 aromatic rings. The Morgan fingerprint density at radius 3 is 2.78 bits per heavy atom. The van der Waals surface area contributed by atoms with E-state index in [1.807, 2.05) is 0 Å². The second-order valence-electron chi connectivity index (χ2n) is 6.08. The molecule has 0 saturated carbocycles. The second-order valence-corrected chi connectivity index (χ2v) is 7.33. The molecule has 0 aliphatic carbocycles. The number of rotatable bonds is 8. The Bertz CT molecular complexity index is 1160. The minimum atomic E-state index is -0.770. The molecule has 0 atom stereocenters. The number of hydrogen-bond acceptors (Lipinski definition) is 7. The van der Waals surface area contributed by atoms with Crippen LogP contribution in [-0.4, -0.2) is 35.8 Å². The van der Waals surface area contributed by atoms with Gasteiger partial charge in [0.05, 0.1) is 31.7 Å². The van der Waals surface area contributed by atoms with E-state index in [2.05, 4.69) is 36.4 Å². The molecule has 166 valence electrons.